The number of piperidine rings is 1. The van der Waals surface area contributed by atoms with E-state index in [0.717, 1.165) is 63.6 Å². The van der Waals surface area contributed by atoms with E-state index in [0.29, 0.717) is 0 Å². The van der Waals surface area contributed by atoms with Gasteiger partial charge in [-0.15, -0.1) is 0 Å². The van der Waals surface area contributed by atoms with Crippen molar-refractivity contribution in [3.8, 4) is 5.75 Å². The van der Waals surface area contributed by atoms with Crippen molar-refractivity contribution in [3.05, 3.63) is 29.8 Å². The second kappa shape index (κ2) is 9.53. The van der Waals surface area contributed by atoms with Gasteiger partial charge in [-0.1, -0.05) is 26.0 Å². The number of rotatable bonds is 7. The van der Waals surface area contributed by atoms with Gasteiger partial charge in [0.15, 0.2) is 0 Å². The van der Waals surface area contributed by atoms with Crippen LogP contribution in [0.3, 0.4) is 0 Å². The lowest BCUT2D eigenvalue weighted by Crippen LogP contribution is -2.45. The minimum Gasteiger partial charge on any atom is -0.492 e. The summed E-state index contributed by atoms with van der Waals surface area (Å²) in [7, 11) is 0. The van der Waals surface area contributed by atoms with E-state index in [1.54, 1.807) is 0 Å². The van der Waals surface area contributed by atoms with Crippen LogP contribution >= 0.6 is 0 Å². The second-order valence-corrected chi connectivity index (χ2v) is 7.63. The Balaban J connectivity index is 1.35. The average molecular weight is 348 g/mol. The summed E-state index contributed by atoms with van der Waals surface area (Å²) in [6, 6.07) is 8.46. The Hall–Kier alpha value is -1.14. The van der Waals surface area contributed by atoms with Crippen molar-refractivity contribution in [1.29, 1.82) is 0 Å². The van der Waals surface area contributed by atoms with Crippen molar-refractivity contribution >= 4 is 0 Å². The Morgan fingerprint density at radius 1 is 1.08 bits per heavy atom. The molecule has 0 aliphatic carbocycles. The molecule has 2 heterocycles. The molecule has 1 aromatic carbocycles. The van der Waals surface area contributed by atoms with Crippen LogP contribution in [-0.2, 0) is 11.3 Å². The Labute approximate surface area is 152 Å². The predicted octanol–water partition coefficient (Wildman–Crippen LogP) is 2.38. The minimum absolute atomic E-state index is 0.769. The normalized spacial score (nSPS) is 25.8. The van der Waals surface area contributed by atoms with Crippen molar-refractivity contribution in [2.75, 3.05) is 52.5 Å². The first-order chi connectivity index (χ1) is 12.2. The highest BCUT2D eigenvalue weighted by atomic mass is 16.5. The number of morpholine rings is 1. The summed E-state index contributed by atoms with van der Waals surface area (Å²) < 4.78 is 11.3. The second-order valence-electron chi connectivity index (χ2n) is 7.63. The minimum atomic E-state index is 0.769. The lowest BCUT2D eigenvalue weighted by Gasteiger charge is -2.34. The van der Waals surface area contributed by atoms with E-state index in [1.807, 2.05) is 0 Å². The molecule has 0 radical (unpaired) electrons. The largest absolute Gasteiger partial charge is 0.492 e. The van der Waals surface area contributed by atoms with Crippen molar-refractivity contribution in [3.63, 3.8) is 0 Å². The molecular formula is C20H33N3O2. The average Bonchev–Trinajstić information content (AvgIpc) is 2.61. The number of hydrogen-bond donors (Lipinski definition) is 1. The standard InChI is InChI=1S/C20H33N3O2/c1-17-13-18(2)16-22(15-17)7-12-25-20-5-3-19(4-6-20)14-21-23-8-10-24-11-9-23/h3-6,17-18,21H,7-16H2,1-2H3/t17-,18-/m1/s1. The highest BCUT2D eigenvalue weighted by molar-refractivity contribution is 5.27. The zero-order valence-corrected chi connectivity index (χ0v) is 15.7. The maximum atomic E-state index is 5.94. The van der Waals surface area contributed by atoms with Gasteiger partial charge in [-0.3, -0.25) is 10.3 Å². The third-order valence-electron chi connectivity index (χ3n) is 5.06. The Bertz CT molecular complexity index is 492. The van der Waals surface area contributed by atoms with Crippen LogP contribution in [-0.4, -0.2) is 62.5 Å². The third-order valence-corrected chi connectivity index (χ3v) is 5.06. The fraction of sp³-hybridized carbons (Fsp3) is 0.700. The fourth-order valence-corrected chi connectivity index (χ4v) is 3.90. The molecule has 140 valence electrons. The quantitative estimate of drug-likeness (QED) is 0.820. The summed E-state index contributed by atoms with van der Waals surface area (Å²) in [5.41, 5.74) is 4.73. The van der Waals surface area contributed by atoms with Crippen LogP contribution in [0, 0.1) is 11.8 Å². The van der Waals surface area contributed by atoms with Gasteiger partial charge in [0.05, 0.1) is 13.2 Å². The molecule has 3 rings (SSSR count). The molecule has 0 amide bonds. The van der Waals surface area contributed by atoms with E-state index in [2.05, 4.69) is 53.4 Å². The van der Waals surface area contributed by atoms with Crippen LogP contribution in [0.25, 0.3) is 0 Å². The number of hydrogen-bond acceptors (Lipinski definition) is 5. The molecule has 2 aliphatic heterocycles. The fourth-order valence-electron chi connectivity index (χ4n) is 3.90. The van der Waals surface area contributed by atoms with Crippen molar-refractivity contribution in [2.45, 2.75) is 26.8 Å². The lowest BCUT2D eigenvalue weighted by atomic mass is 9.92. The monoisotopic (exact) mass is 347 g/mol. The molecule has 0 aromatic heterocycles. The number of ether oxygens (including phenoxy) is 2. The number of benzene rings is 1. The molecule has 2 saturated heterocycles. The van der Waals surface area contributed by atoms with E-state index in [4.69, 9.17) is 9.47 Å². The van der Waals surface area contributed by atoms with Crippen LogP contribution in [0.5, 0.6) is 5.75 Å². The van der Waals surface area contributed by atoms with Gasteiger partial charge in [0.1, 0.15) is 12.4 Å². The summed E-state index contributed by atoms with van der Waals surface area (Å²) in [5, 5.41) is 2.23. The van der Waals surface area contributed by atoms with Crippen LogP contribution in [0.15, 0.2) is 24.3 Å². The van der Waals surface area contributed by atoms with Gasteiger partial charge < -0.3 is 9.47 Å². The predicted molar refractivity (Wildman–Crippen MR) is 101 cm³/mol. The summed E-state index contributed by atoms with van der Waals surface area (Å²) >= 11 is 0. The van der Waals surface area contributed by atoms with Crippen LogP contribution < -0.4 is 10.2 Å². The maximum Gasteiger partial charge on any atom is 0.119 e. The van der Waals surface area contributed by atoms with Gasteiger partial charge >= 0.3 is 0 Å². The zero-order chi connectivity index (χ0) is 17.5. The number of likely N-dealkylation sites (tertiary alicyclic amines) is 1. The first kappa shape index (κ1) is 18.6. The van der Waals surface area contributed by atoms with E-state index in [1.165, 1.54) is 25.1 Å². The summed E-state index contributed by atoms with van der Waals surface area (Å²) in [4.78, 5) is 2.54. The zero-order valence-electron chi connectivity index (χ0n) is 15.7. The van der Waals surface area contributed by atoms with Crippen LogP contribution in [0.1, 0.15) is 25.8 Å². The summed E-state index contributed by atoms with van der Waals surface area (Å²) in [5.74, 6) is 2.58. The third kappa shape index (κ3) is 6.26. The van der Waals surface area contributed by atoms with E-state index in [9.17, 15) is 0 Å². The van der Waals surface area contributed by atoms with Gasteiger partial charge in [0, 0.05) is 39.3 Å². The molecule has 2 fully saturated rings. The summed E-state index contributed by atoms with van der Waals surface area (Å²) in [6.07, 6.45) is 1.36. The smallest absolute Gasteiger partial charge is 0.119 e. The van der Waals surface area contributed by atoms with Gasteiger partial charge in [-0.2, -0.15) is 0 Å². The molecule has 0 unspecified atom stereocenters. The Morgan fingerprint density at radius 3 is 2.44 bits per heavy atom. The van der Waals surface area contributed by atoms with Gasteiger partial charge in [-0.05, 0) is 36.0 Å². The van der Waals surface area contributed by atoms with E-state index >= 15 is 0 Å². The molecule has 2 atom stereocenters. The Morgan fingerprint density at radius 2 is 1.76 bits per heavy atom. The molecule has 5 heteroatoms. The maximum absolute atomic E-state index is 5.94. The molecule has 0 spiro atoms. The Kier molecular flexibility index (Phi) is 7.11. The van der Waals surface area contributed by atoms with Gasteiger partial charge in [0.2, 0.25) is 0 Å². The van der Waals surface area contributed by atoms with Crippen LogP contribution in [0.2, 0.25) is 0 Å². The molecule has 1 N–H and O–H groups in total. The number of nitrogens with zero attached hydrogens (tertiary/aromatic N) is 2. The van der Waals surface area contributed by atoms with E-state index in [-0.39, 0.29) is 0 Å². The first-order valence-electron chi connectivity index (χ1n) is 9.69. The van der Waals surface area contributed by atoms with Gasteiger partial charge in [-0.25, -0.2) is 5.01 Å². The molecule has 0 bridgehead atoms. The lowest BCUT2D eigenvalue weighted by molar-refractivity contribution is 0.0106. The molecular weight excluding hydrogens is 314 g/mol. The topological polar surface area (TPSA) is 37.0 Å². The number of nitrogens with one attached hydrogen (secondary N) is 1. The molecule has 1 aromatic rings. The molecule has 2 aliphatic rings. The van der Waals surface area contributed by atoms with Crippen LogP contribution in [0.4, 0.5) is 0 Å². The molecule has 5 nitrogen and oxygen atoms in total. The number of hydrazine groups is 1. The molecule has 25 heavy (non-hydrogen) atoms. The summed E-state index contributed by atoms with van der Waals surface area (Å²) in [6.45, 7) is 13.3. The highest BCUT2D eigenvalue weighted by Gasteiger charge is 2.21. The van der Waals surface area contributed by atoms with E-state index < -0.39 is 0 Å². The van der Waals surface area contributed by atoms with Crippen molar-refractivity contribution in [1.82, 2.24) is 15.3 Å². The van der Waals surface area contributed by atoms with Gasteiger partial charge in [0.25, 0.3) is 0 Å². The van der Waals surface area contributed by atoms with Crippen molar-refractivity contribution in [2.24, 2.45) is 11.8 Å². The highest BCUT2D eigenvalue weighted by Crippen LogP contribution is 2.20. The van der Waals surface area contributed by atoms with Crippen molar-refractivity contribution < 1.29 is 9.47 Å². The first-order valence-corrected chi connectivity index (χ1v) is 9.69. The SMILES string of the molecule is C[C@@H]1C[C@@H](C)CN(CCOc2ccc(CNN3CCOCC3)cc2)C1. The molecule has 0 saturated carbocycles.